The summed E-state index contributed by atoms with van der Waals surface area (Å²) in [6.45, 7) is 1.98. The molecule has 14 heavy (non-hydrogen) atoms. The van der Waals surface area contributed by atoms with Crippen molar-refractivity contribution in [2.45, 2.75) is 24.7 Å². The van der Waals surface area contributed by atoms with Crippen LogP contribution >= 0.6 is 43.2 Å². The molecule has 0 saturated heterocycles. The SMILES string of the molecule is CCCCS(=O)(=O)c1cc(Br)sc1Br. The third-order valence-corrected chi connectivity index (χ3v) is 6.28. The molecule has 1 heterocycles. The Balaban J connectivity index is 2.98. The highest BCUT2D eigenvalue weighted by Crippen LogP contribution is 2.35. The fourth-order valence-corrected chi connectivity index (χ4v) is 6.40. The molecular weight excluding hydrogens is 352 g/mol. The summed E-state index contributed by atoms with van der Waals surface area (Å²) in [6, 6.07) is 1.65. The molecule has 0 atom stereocenters. The molecule has 0 aliphatic rings. The van der Waals surface area contributed by atoms with Gasteiger partial charge in [0, 0.05) is 0 Å². The monoisotopic (exact) mass is 360 g/mol. The van der Waals surface area contributed by atoms with Crippen molar-refractivity contribution in [1.82, 2.24) is 0 Å². The Morgan fingerprint density at radius 3 is 2.50 bits per heavy atom. The zero-order chi connectivity index (χ0) is 10.8. The summed E-state index contributed by atoms with van der Waals surface area (Å²) in [5, 5.41) is 0. The standard InChI is InChI=1S/C8H10Br2O2S2/c1-2-3-4-14(11,12)6-5-7(9)13-8(6)10/h5H,2-4H2,1H3. The summed E-state index contributed by atoms with van der Waals surface area (Å²) in [7, 11) is -3.10. The quantitative estimate of drug-likeness (QED) is 0.816. The minimum Gasteiger partial charge on any atom is -0.224 e. The molecule has 1 aromatic heterocycles. The number of unbranched alkanes of at least 4 members (excludes halogenated alkanes) is 1. The second-order valence-corrected chi connectivity index (χ2v) is 8.69. The molecule has 0 aromatic carbocycles. The van der Waals surface area contributed by atoms with E-state index in [1.807, 2.05) is 6.92 Å². The zero-order valence-electron chi connectivity index (χ0n) is 7.59. The predicted octanol–water partition coefficient (Wildman–Crippen LogP) is 3.85. The van der Waals surface area contributed by atoms with E-state index in [2.05, 4.69) is 31.9 Å². The highest BCUT2D eigenvalue weighted by atomic mass is 79.9. The van der Waals surface area contributed by atoms with Crippen molar-refractivity contribution in [3.8, 4) is 0 Å². The van der Waals surface area contributed by atoms with Crippen LogP contribution in [0.25, 0.3) is 0 Å². The number of thiophene rings is 1. The van der Waals surface area contributed by atoms with E-state index in [0.717, 1.165) is 10.2 Å². The Bertz CT molecular complexity index is 409. The first-order valence-electron chi connectivity index (χ1n) is 4.15. The Morgan fingerprint density at radius 1 is 1.43 bits per heavy atom. The molecule has 80 valence electrons. The third kappa shape index (κ3) is 3.05. The van der Waals surface area contributed by atoms with E-state index in [1.165, 1.54) is 11.3 Å². The first-order chi connectivity index (χ1) is 6.47. The van der Waals surface area contributed by atoms with Gasteiger partial charge in [-0.25, -0.2) is 8.42 Å². The lowest BCUT2D eigenvalue weighted by Gasteiger charge is -2.00. The molecule has 0 radical (unpaired) electrons. The van der Waals surface area contributed by atoms with Crippen LogP contribution in [0.5, 0.6) is 0 Å². The molecule has 0 spiro atoms. The van der Waals surface area contributed by atoms with Gasteiger partial charge in [0.1, 0.15) is 0 Å². The van der Waals surface area contributed by atoms with Crippen molar-refractivity contribution in [1.29, 1.82) is 0 Å². The molecule has 1 aromatic rings. The van der Waals surface area contributed by atoms with E-state index in [1.54, 1.807) is 6.07 Å². The van der Waals surface area contributed by atoms with Gasteiger partial charge in [-0.3, -0.25) is 0 Å². The average molecular weight is 362 g/mol. The van der Waals surface area contributed by atoms with Crippen molar-refractivity contribution in [3.63, 3.8) is 0 Å². The normalized spacial score (nSPS) is 11.9. The van der Waals surface area contributed by atoms with E-state index in [4.69, 9.17) is 0 Å². The molecule has 0 bridgehead atoms. The number of rotatable bonds is 4. The van der Waals surface area contributed by atoms with Crippen molar-refractivity contribution in [2.75, 3.05) is 5.75 Å². The molecule has 0 N–H and O–H groups in total. The number of sulfone groups is 1. The largest absolute Gasteiger partial charge is 0.224 e. The van der Waals surface area contributed by atoms with E-state index in [9.17, 15) is 8.42 Å². The second-order valence-electron chi connectivity index (χ2n) is 2.86. The minimum atomic E-state index is -3.10. The molecule has 0 fully saturated rings. The smallest absolute Gasteiger partial charge is 0.180 e. The maximum absolute atomic E-state index is 11.8. The summed E-state index contributed by atoms with van der Waals surface area (Å²) in [6.07, 6.45) is 1.60. The van der Waals surface area contributed by atoms with Gasteiger partial charge in [-0.2, -0.15) is 0 Å². The van der Waals surface area contributed by atoms with Gasteiger partial charge in [-0.15, -0.1) is 11.3 Å². The van der Waals surface area contributed by atoms with Crippen molar-refractivity contribution >= 4 is 53.0 Å². The number of hydrogen-bond donors (Lipinski definition) is 0. The first-order valence-corrected chi connectivity index (χ1v) is 8.20. The van der Waals surface area contributed by atoms with E-state index in [-0.39, 0.29) is 5.75 Å². The molecule has 0 aliphatic carbocycles. The van der Waals surface area contributed by atoms with Crippen molar-refractivity contribution < 1.29 is 8.42 Å². The van der Waals surface area contributed by atoms with Gasteiger partial charge >= 0.3 is 0 Å². The highest BCUT2D eigenvalue weighted by Gasteiger charge is 2.19. The Morgan fingerprint density at radius 2 is 2.07 bits per heavy atom. The summed E-state index contributed by atoms with van der Waals surface area (Å²) in [4.78, 5) is 0.405. The van der Waals surface area contributed by atoms with Crippen molar-refractivity contribution in [3.05, 3.63) is 13.6 Å². The van der Waals surface area contributed by atoms with Crippen LogP contribution in [-0.2, 0) is 9.84 Å². The fraction of sp³-hybridized carbons (Fsp3) is 0.500. The van der Waals surface area contributed by atoms with Crippen LogP contribution < -0.4 is 0 Å². The Labute approximate surface area is 105 Å². The average Bonchev–Trinajstić information content (AvgIpc) is 2.42. The molecule has 6 heteroatoms. The Kier molecular flexibility index (Phi) is 4.61. The molecule has 0 aliphatic heterocycles. The maximum atomic E-state index is 11.8. The third-order valence-electron chi connectivity index (χ3n) is 1.73. The predicted molar refractivity (Wildman–Crippen MR) is 66.7 cm³/mol. The number of hydrogen-bond acceptors (Lipinski definition) is 3. The molecular formula is C8H10Br2O2S2. The van der Waals surface area contributed by atoms with Crippen LogP contribution in [0.4, 0.5) is 0 Å². The van der Waals surface area contributed by atoms with Gasteiger partial charge in [0.25, 0.3) is 0 Å². The van der Waals surface area contributed by atoms with Gasteiger partial charge in [0.15, 0.2) is 9.84 Å². The van der Waals surface area contributed by atoms with Crippen molar-refractivity contribution in [2.24, 2.45) is 0 Å². The van der Waals surface area contributed by atoms with Crippen LogP contribution in [0.1, 0.15) is 19.8 Å². The summed E-state index contributed by atoms with van der Waals surface area (Å²) in [5.41, 5.74) is 0. The molecule has 2 nitrogen and oxygen atoms in total. The molecule has 0 unspecified atom stereocenters. The van der Waals surface area contributed by atoms with E-state index < -0.39 is 9.84 Å². The molecule has 0 amide bonds. The van der Waals surface area contributed by atoms with Gasteiger partial charge in [-0.1, -0.05) is 13.3 Å². The summed E-state index contributed by atoms with van der Waals surface area (Å²) >= 11 is 7.91. The minimum absolute atomic E-state index is 0.227. The number of halogens is 2. The van der Waals surface area contributed by atoms with Crippen LogP contribution in [-0.4, -0.2) is 14.2 Å². The first kappa shape index (κ1) is 12.7. The Hall–Kier alpha value is 0.610. The van der Waals surface area contributed by atoms with E-state index >= 15 is 0 Å². The van der Waals surface area contributed by atoms with Crippen LogP contribution in [0, 0.1) is 0 Å². The molecule has 1 rings (SSSR count). The zero-order valence-corrected chi connectivity index (χ0v) is 12.4. The van der Waals surface area contributed by atoms with E-state index in [0.29, 0.717) is 15.1 Å². The van der Waals surface area contributed by atoms with Crippen LogP contribution in [0.2, 0.25) is 0 Å². The summed E-state index contributed by atoms with van der Waals surface area (Å²) in [5.74, 6) is 0.227. The van der Waals surface area contributed by atoms with Crippen LogP contribution in [0.3, 0.4) is 0 Å². The maximum Gasteiger partial charge on any atom is 0.180 e. The van der Waals surface area contributed by atoms with Gasteiger partial charge in [0.2, 0.25) is 0 Å². The highest BCUT2D eigenvalue weighted by molar-refractivity contribution is 9.12. The molecule has 0 saturated carbocycles. The van der Waals surface area contributed by atoms with Gasteiger partial charge in [-0.05, 0) is 44.3 Å². The topological polar surface area (TPSA) is 34.1 Å². The lowest BCUT2D eigenvalue weighted by molar-refractivity contribution is 0.592. The van der Waals surface area contributed by atoms with Gasteiger partial charge in [0.05, 0.1) is 18.2 Å². The summed E-state index contributed by atoms with van der Waals surface area (Å²) < 4.78 is 25.1. The lowest BCUT2D eigenvalue weighted by Crippen LogP contribution is -2.05. The fourth-order valence-electron chi connectivity index (χ4n) is 0.982. The second kappa shape index (κ2) is 5.09. The lowest BCUT2D eigenvalue weighted by atomic mass is 10.4. The van der Waals surface area contributed by atoms with Crippen LogP contribution in [0.15, 0.2) is 18.5 Å². The van der Waals surface area contributed by atoms with Gasteiger partial charge < -0.3 is 0 Å².